The van der Waals surface area contributed by atoms with Crippen LogP contribution in [-0.2, 0) is 0 Å². The van der Waals surface area contributed by atoms with Crippen molar-refractivity contribution in [1.82, 2.24) is 14.8 Å². The standard InChI is InChI=1S/C23H17ClN4O3/c24-17-13-19-20(31-12-11-30-19)14-18(17)25-23(29)21-26-22(15-7-3-1-4-8-15)28(27-21)16-9-5-2-6-10-16/h1-10,13-14H,11-12H2,(H,25,29). The molecule has 0 radical (unpaired) electrons. The van der Waals surface area contributed by atoms with Gasteiger partial charge in [0.1, 0.15) is 13.2 Å². The molecule has 0 bridgehead atoms. The first kappa shape index (κ1) is 19.1. The predicted molar refractivity (Wildman–Crippen MR) is 117 cm³/mol. The average molecular weight is 433 g/mol. The van der Waals surface area contributed by atoms with Gasteiger partial charge in [-0.1, -0.05) is 60.1 Å². The summed E-state index contributed by atoms with van der Waals surface area (Å²) in [4.78, 5) is 17.5. The highest BCUT2D eigenvalue weighted by Crippen LogP contribution is 2.38. The number of benzene rings is 3. The van der Waals surface area contributed by atoms with Gasteiger partial charge in [-0.15, -0.1) is 5.10 Å². The molecule has 0 fully saturated rings. The second-order valence-electron chi connectivity index (χ2n) is 6.80. The fraction of sp³-hybridized carbons (Fsp3) is 0.0870. The van der Waals surface area contributed by atoms with E-state index in [4.69, 9.17) is 21.1 Å². The van der Waals surface area contributed by atoms with E-state index in [1.165, 1.54) is 0 Å². The number of ether oxygens (including phenoxy) is 2. The van der Waals surface area contributed by atoms with E-state index < -0.39 is 5.91 Å². The molecule has 0 atom stereocenters. The molecule has 5 rings (SSSR count). The smallest absolute Gasteiger partial charge is 0.295 e. The summed E-state index contributed by atoms with van der Waals surface area (Å²) in [5.41, 5.74) is 2.04. The number of amides is 1. The normalized spacial score (nSPS) is 12.4. The molecule has 0 unspecified atom stereocenters. The van der Waals surface area contributed by atoms with Crippen molar-refractivity contribution >= 4 is 23.2 Å². The maximum Gasteiger partial charge on any atom is 0.295 e. The molecule has 1 aliphatic rings. The van der Waals surface area contributed by atoms with Crippen molar-refractivity contribution in [3.63, 3.8) is 0 Å². The fourth-order valence-corrected chi connectivity index (χ4v) is 3.47. The zero-order valence-corrected chi connectivity index (χ0v) is 17.0. The van der Waals surface area contributed by atoms with E-state index in [2.05, 4.69) is 15.4 Å². The molecule has 0 saturated heterocycles. The summed E-state index contributed by atoms with van der Waals surface area (Å²) in [7, 11) is 0. The predicted octanol–water partition coefficient (Wildman–Crippen LogP) is 4.61. The van der Waals surface area contributed by atoms with Crippen LogP contribution in [0.3, 0.4) is 0 Å². The molecule has 1 amide bonds. The lowest BCUT2D eigenvalue weighted by atomic mass is 10.2. The van der Waals surface area contributed by atoms with E-state index in [1.54, 1.807) is 16.8 Å². The van der Waals surface area contributed by atoms with Gasteiger partial charge in [0.15, 0.2) is 17.3 Å². The number of nitrogens with one attached hydrogen (secondary N) is 1. The number of rotatable bonds is 4. The van der Waals surface area contributed by atoms with E-state index in [1.807, 2.05) is 60.7 Å². The van der Waals surface area contributed by atoms with Crippen molar-refractivity contribution < 1.29 is 14.3 Å². The number of carbonyl (C=O) groups excluding carboxylic acids is 1. The topological polar surface area (TPSA) is 78.3 Å². The lowest BCUT2D eigenvalue weighted by Crippen LogP contribution is -2.17. The molecule has 4 aromatic rings. The zero-order chi connectivity index (χ0) is 21.2. The lowest BCUT2D eigenvalue weighted by molar-refractivity contribution is 0.101. The van der Waals surface area contributed by atoms with Gasteiger partial charge in [0, 0.05) is 17.7 Å². The molecule has 31 heavy (non-hydrogen) atoms. The quantitative estimate of drug-likeness (QED) is 0.509. The Labute approximate surface area is 183 Å². The lowest BCUT2D eigenvalue weighted by Gasteiger charge is -2.19. The molecule has 1 N–H and O–H groups in total. The highest BCUT2D eigenvalue weighted by atomic mass is 35.5. The summed E-state index contributed by atoms with van der Waals surface area (Å²) in [6.45, 7) is 0.892. The largest absolute Gasteiger partial charge is 0.486 e. The number of halogens is 1. The minimum absolute atomic E-state index is 0.0219. The number of hydrogen-bond donors (Lipinski definition) is 1. The van der Waals surface area contributed by atoms with Crippen molar-refractivity contribution in [2.75, 3.05) is 18.5 Å². The molecule has 1 aliphatic heterocycles. The first-order chi connectivity index (χ1) is 15.2. The van der Waals surface area contributed by atoms with Crippen molar-refractivity contribution in [3.05, 3.63) is 83.6 Å². The summed E-state index contributed by atoms with van der Waals surface area (Å²) in [6, 6.07) is 22.4. The van der Waals surface area contributed by atoms with Crippen molar-refractivity contribution in [2.45, 2.75) is 0 Å². The fourth-order valence-electron chi connectivity index (χ4n) is 3.27. The van der Waals surface area contributed by atoms with Gasteiger partial charge in [-0.2, -0.15) is 0 Å². The number of hydrogen-bond acceptors (Lipinski definition) is 5. The minimum Gasteiger partial charge on any atom is -0.486 e. The monoisotopic (exact) mass is 432 g/mol. The van der Waals surface area contributed by atoms with E-state index >= 15 is 0 Å². The van der Waals surface area contributed by atoms with Crippen molar-refractivity contribution in [1.29, 1.82) is 0 Å². The molecule has 7 nitrogen and oxygen atoms in total. The number of nitrogens with zero attached hydrogens (tertiary/aromatic N) is 3. The Kier molecular flexibility index (Phi) is 5.01. The van der Waals surface area contributed by atoms with Gasteiger partial charge in [0.25, 0.3) is 5.91 Å². The highest BCUT2D eigenvalue weighted by Gasteiger charge is 2.21. The van der Waals surface area contributed by atoms with Gasteiger partial charge in [0.2, 0.25) is 5.82 Å². The van der Waals surface area contributed by atoms with Crippen LogP contribution in [0.4, 0.5) is 5.69 Å². The summed E-state index contributed by atoms with van der Waals surface area (Å²) in [5, 5.41) is 7.58. The van der Waals surface area contributed by atoms with Gasteiger partial charge in [-0.25, -0.2) is 9.67 Å². The van der Waals surface area contributed by atoms with Crippen molar-refractivity contribution in [2.24, 2.45) is 0 Å². The molecule has 0 aliphatic carbocycles. The SMILES string of the molecule is O=C(Nc1cc2c(cc1Cl)OCCO2)c1nc(-c2ccccc2)n(-c2ccccc2)n1. The van der Waals surface area contributed by atoms with Crippen LogP contribution in [0.1, 0.15) is 10.6 Å². The first-order valence-corrected chi connectivity index (χ1v) is 10.1. The molecule has 8 heteroatoms. The average Bonchev–Trinajstić information content (AvgIpc) is 3.26. The molecule has 3 aromatic carbocycles. The zero-order valence-electron chi connectivity index (χ0n) is 16.3. The van der Waals surface area contributed by atoms with E-state index in [0.29, 0.717) is 41.2 Å². The summed E-state index contributed by atoms with van der Waals surface area (Å²) >= 11 is 6.32. The maximum atomic E-state index is 13.0. The van der Waals surface area contributed by atoms with Crippen molar-refractivity contribution in [3.8, 4) is 28.6 Å². The molecular weight excluding hydrogens is 416 g/mol. The summed E-state index contributed by atoms with van der Waals surface area (Å²) in [6.07, 6.45) is 0. The summed E-state index contributed by atoms with van der Waals surface area (Å²) in [5.74, 6) is 1.18. The third-order valence-electron chi connectivity index (χ3n) is 4.72. The maximum absolute atomic E-state index is 13.0. The number of carbonyl (C=O) groups is 1. The Balaban J connectivity index is 1.51. The third kappa shape index (κ3) is 3.83. The van der Waals surface area contributed by atoms with Crippen LogP contribution in [0.5, 0.6) is 11.5 Å². The van der Waals surface area contributed by atoms with Crippen LogP contribution in [-0.4, -0.2) is 33.9 Å². The first-order valence-electron chi connectivity index (χ1n) is 9.67. The van der Waals surface area contributed by atoms with E-state index in [9.17, 15) is 4.79 Å². The molecular formula is C23H17ClN4O3. The molecule has 0 saturated carbocycles. The Morgan fingerprint density at radius 3 is 2.29 bits per heavy atom. The summed E-state index contributed by atoms with van der Waals surface area (Å²) < 4.78 is 12.7. The van der Waals surface area contributed by atoms with Crippen LogP contribution in [0.25, 0.3) is 17.1 Å². The highest BCUT2D eigenvalue weighted by molar-refractivity contribution is 6.34. The number of aromatic nitrogens is 3. The van der Waals surface area contributed by atoms with Gasteiger partial charge in [-0.3, -0.25) is 4.79 Å². The van der Waals surface area contributed by atoms with Crippen LogP contribution >= 0.6 is 11.6 Å². The minimum atomic E-state index is -0.481. The Morgan fingerprint density at radius 2 is 1.58 bits per heavy atom. The second-order valence-corrected chi connectivity index (χ2v) is 7.21. The van der Waals surface area contributed by atoms with Crippen LogP contribution < -0.4 is 14.8 Å². The van der Waals surface area contributed by atoms with Gasteiger partial charge >= 0.3 is 0 Å². The van der Waals surface area contributed by atoms with Crippen LogP contribution in [0.15, 0.2) is 72.8 Å². The molecule has 1 aromatic heterocycles. The van der Waals surface area contributed by atoms with Crippen LogP contribution in [0.2, 0.25) is 5.02 Å². The Bertz CT molecular complexity index is 1190. The Morgan fingerprint density at radius 1 is 0.935 bits per heavy atom. The number of fused-ring (bicyclic) bond motifs is 1. The van der Waals surface area contributed by atoms with Crippen LogP contribution in [0, 0.1) is 0 Å². The van der Waals surface area contributed by atoms with E-state index in [0.717, 1.165) is 11.3 Å². The molecule has 2 heterocycles. The van der Waals surface area contributed by atoms with Gasteiger partial charge < -0.3 is 14.8 Å². The molecule has 0 spiro atoms. The third-order valence-corrected chi connectivity index (χ3v) is 5.04. The molecule has 154 valence electrons. The number of anilines is 1. The van der Waals surface area contributed by atoms with E-state index in [-0.39, 0.29) is 5.82 Å². The van der Waals surface area contributed by atoms with Gasteiger partial charge in [-0.05, 0) is 12.1 Å². The number of para-hydroxylation sites is 1. The second kappa shape index (κ2) is 8.12. The van der Waals surface area contributed by atoms with Gasteiger partial charge in [0.05, 0.1) is 16.4 Å². The Hall–Kier alpha value is -3.84.